The highest BCUT2D eigenvalue weighted by molar-refractivity contribution is 5.84. The van der Waals surface area contributed by atoms with Gasteiger partial charge in [-0.1, -0.05) is 0 Å². The first-order valence-corrected chi connectivity index (χ1v) is 7.52. The molecule has 4 rings (SSSR count). The molecular formula is C15H23NO. The molecule has 0 aromatic heterocycles. The van der Waals surface area contributed by atoms with Gasteiger partial charge in [0, 0.05) is 11.0 Å². The third kappa shape index (κ3) is 1.42. The van der Waals surface area contributed by atoms with E-state index in [-0.39, 0.29) is 11.0 Å². The Morgan fingerprint density at radius 1 is 0.882 bits per heavy atom. The van der Waals surface area contributed by atoms with Crippen LogP contribution in [0.3, 0.4) is 0 Å². The summed E-state index contributed by atoms with van der Waals surface area (Å²) in [5, 5.41) is 3.51. The number of fused-ring (bicyclic) bond motifs is 4. The van der Waals surface area contributed by atoms with Gasteiger partial charge in [0.05, 0.1) is 0 Å². The minimum absolute atomic E-state index is 0.0695. The van der Waals surface area contributed by atoms with Gasteiger partial charge in [0.2, 0.25) is 5.91 Å². The van der Waals surface area contributed by atoms with Crippen molar-refractivity contribution >= 4 is 5.91 Å². The maximum absolute atomic E-state index is 12.7. The van der Waals surface area contributed by atoms with E-state index in [1.54, 1.807) is 0 Å². The Bertz CT molecular complexity index is 346. The summed E-state index contributed by atoms with van der Waals surface area (Å²) in [6.45, 7) is 0. The monoisotopic (exact) mass is 233 g/mol. The topological polar surface area (TPSA) is 29.1 Å². The average Bonchev–Trinajstić information content (AvgIpc) is 3.09. The third-order valence-electron chi connectivity index (χ3n) is 6.34. The van der Waals surface area contributed by atoms with Gasteiger partial charge in [0.1, 0.15) is 0 Å². The smallest absolute Gasteiger partial charge is 0.226 e. The van der Waals surface area contributed by atoms with Crippen LogP contribution in [0.1, 0.15) is 64.2 Å². The Morgan fingerprint density at radius 2 is 1.47 bits per heavy atom. The summed E-state index contributed by atoms with van der Waals surface area (Å²) < 4.78 is 0. The summed E-state index contributed by atoms with van der Waals surface area (Å²) in [5.41, 5.74) is 0.303. The highest BCUT2D eigenvalue weighted by Gasteiger charge is 2.53. The summed E-state index contributed by atoms with van der Waals surface area (Å²) in [4.78, 5) is 12.7. The number of amides is 1. The molecule has 94 valence electrons. The van der Waals surface area contributed by atoms with Gasteiger partial charge in [-0.05, 0) is 76.0 Å². The predicted molar refractivity (Wildman–Crippen MR) is 66.5 cm³/mol. The van der Waals surface area contributed by atoms with Gasteiger partial charge in [0.25, 0.3) is 0 Å². The van der Waals surface area contributed by atoms with E-state index in [9.17, 15) is 4.79 Å². The number of carbonyl (C=O) groups excluding carboxylic acids is 1. The first-order chi connectivity index (χ1) is 8.20. The van der Waals surface area contributed by atoms with Gasteiger partial charge >= 0.3 is 0 Å². The number of hydrogen-bond donors (Lipinski definition) is 1. The first-order valence-electron chi connectivity index (χ1n) is 7.52. The summed E-state index contributed by atoms with van der Waals surface area (Å²) in [6, 6.07) is 0. The Hall–Kier alpha value is -0.530. The van der Waals surface area contributed by atoms with E-state index in [1.165, 1.54) is 64.2 Å². The lowest BCUT2D eigenvalue weighted by Gasteiger charge is -2.34. The predicted octanol–water partition coefficient (Wildman–Crippen LogP) is 3.02. The molecule has 0 heterocycles. The van der Waals surface area contributed by atoms with Gasteiger partial charge in [-0.3, -0.25) is 4.79 Å². The van der Waals surface area contributed by atoms with Gasteiger partial charge in [-0.25, -0.2) is 0 Å². The fourth-order valence-corrected chi connectivity index (χ4v) is 5.25. The second kappa shape index (κ2) is 3.27. The molecule has 2 heteroatoms. The summed E-state index contributed by atoms with van der Waals surface area (Å²) >= 11 is 0. The summed E-state index contributed by atoms with van der Waals surface area (Å²) in [7, 11) is 0. The fourth-order valence-electron chi connectivity index (χ4n) is 5.25. The Morgan fingerprint density at radius 3 is 1.94 bits per heavy atom. The molecule has 0 radical (unpaired) electrons. The molecule has 1 amide bonds. The van der Waals surface area contributed by atoms with Crippen LogP contribution >= 0.6 is 0 Å². The van der Waals surface area contributed by atoms with Crippen LogP contribution in [-0.4, -0.2) is 11.4 Å². The Labute approximate surface area is 104 Å². The molecule has 17 heavy (non-hydrogen) atoms. The second-order valence-corrected chi connectivity index (χ2v) is 7.31. The van der Waals surface area contributed by atoms with Gasteiger partial charge in [0.15, 0.2) is 0 Å². The van der Waals surface area contributed by atoms with E-state index in [0.29, 0.717) is 5.91 Å². The number of hydrogen-bond acceptors (Lipinski definition) is 1. The van der Waals surface area contributed by atoms with E-state index in [4.69, 9.17) is 0 Å². The standard InChI is InChI=1S/C15H23NO/c17-13(14-5-1-11(9-14)2-6-14)16-15-7-3-12(10-15)4-8-15/h11-12H,1-10H2,(H,16,17). The van der Waals surface area contributed by atoms with Crippen LogP contribution < -0.4 is 5.32 Å². The molecule has 0 saturated heterocycles. The minimum Gasteiger partial charge on any atom is -0.350 e. The van der Waals surface area contributed by atoms with Crippen LogP contribution in [0, 0.1) is 17.3 Å². The SMILES string of the molecule is O=C(NC12CCC(CC1)C2)C12CCC(CC1)C2. The zero-order chi connectivity index (χ0) is 11.5. The minimum atomic E-state index is 0.0695. The van der Waals surface area contributed by atoms with Crippen molar-refractivity contribution in [1.29, 1.82) is 0 Å². The summed E-state index contributed by atoms with van der Waals surface area (Å²) in [6.07, 6.45) is 12.6. The van der Waals surface area contributed by atoms with E-state index in [1.807, 2.05) is 0 Å². The van der Waals surface area contributed by atoms with Crippen LogP contribution in [0.25, 0.3) is 0 Å². The quantitative estimate of drug-likeness (QED) is 0.780. The molecule has 0 spiro atoms. The van der Waals surface area contributed by atoms with Gasteiger partial charge in [-0.2, -0.15) is 0 Å². The van der Waals surface area contributed by atoms with Crippen LogP contribution in [-0.2, 0) is 4.79 Å². The van der Waals surface area contributed by atoms with Crippen molar-refractivity contribution in [2.24, 2.45) is 17.3 Å². The highest BCUT2D eigenvalue weighted by Crippen LogP contribution is 2.55. The van der Waals surface area contributed by atoms with E-state index < -0.39 is 0 Å². The third-order valence-corrected chi connectivity index (χ3v) is 6.34. The molecule has 0 aromatic rings. The molecular weight excluding hydrogens is 210 g/mol. The fraction of sp³-hybridized carbons (Fsp3) is 0.933. The molecule has 4 aliphatic rings. The van der Waals surface area contributed by atoms with Crippen molar-refractivity contribution in [3.8, 4) is 0 Å². The zero-order valence-electron chi connectivity index (χ0n) is 10.6. The van der Waals surface area contributed by atoms with Crippen LogP contribution in [0.15, 0.2) is 0 Å². The van der Waals surface area contributed by atoms with Crippen molar-refractivity contribution in [3.63, 3.8) is 0 Å². The van der Waals surface area contributed by atoms with Crippen molar-refractivity contribution in [2.45, 2.75) is 69.7 Å². The highest BCUT2D eigenvalue weighted by atomic mass is 16.2. The van der Waals surface area contributed by atoms with Crippen molar-refractivity contribution in [1.82, 2.24) is 5.32 Å². The maximum atomic E-state index is 12.7. The number of nitrogens with one attached hydrogen (secondary N) is 1. The molecule has 0 unspecified atom stereocenters. The number of rotatable bonds is 2. The summed E-state index contributed by atoms with van der Waals surface area (Å²) in [5.74, 6) is 2.23. The Balaban J connectivity index is 1.51. The Kier molecular flexibility index (Phi) is 2.00. The molecule has 0 atom stereocenters. The number of carbonyl (C=O) groups is 1. The first kappa shape index (κ1) is 10.4. The van der Waals surface area contributed by atoms with E-state index in [2.05, 4.69) is 5.32 Å². The van der Waals surface area contributed by atoms with Crippen LogP contribution in [0.2, 0.25) is 0 Å². The van der Waals surface area contributed by atoms with Crippen molar-refractivity contribution in [2.75, 3.05) is 0 Å². The molecule has 0 aliphatic heterocycles. The van der Waals surface area contributed by atoms with Crippen molar-refractivity contribution < 1.29 is 4.79 Å². The van der Waals surface area contributed by atoms with Gasteiger partial charge in [-0.15, -0.1) is 0 Å². The lowest BCUT2D eigenvalue weighted by atomic mass is 9.82. The largest absolute Gasteiger partial charge is 0.350 e. The van der Waals surface area contributed by atoms with Gasteiger partial charge < -0.3 is 5.32 Å². The van der Waals surface area contributed by atoms with E-state index in [0.717, 1.165) is 11.8 Å². The molecule has 2 nitrogen and oxygen atoms in total. The van der Waals surface area contributed by atoms with Crippen LogP contribution in [0.5, 0.6) is 0 Å². The molecule has 4 fully saturated rings. The van der Waals surface area contributed by atoms with Crippen molar-refractivity contribution in [3.05, 3.63) is 0 Å². The lowest BCUT2D eigenvalue weighted by Crippen LogP contribution is -2.50. The van der Waals surface area contributed by atoms with Crippen LogP contribution in [0.4, 0.5) is 0 Å². The normalized spacial score (nSPS) is 51.1. The zero-order valence-corrected chi connectivity index (χ0v) is 10.6. The molecule has 4 bridgehead atoms. The second-order valence-electron chi connectivity index (χ2n) is 7.31. The molecule has 4 saturated carbocycles. The van der Waals surface area contributed by atoms with E-state index >= 15 is 0 Å². The lowest BCUT2D eigenvalue weighted by molar-refractivity contribution is -0.132. The average molecular weight is 233 g/mol. The molecule has 4 aliphatic carbocycles. The molecule has 0 aromatic carbocycles. The molecule has 1 N–H and O–H groups in total. The maximum Gasteiger partial charge on any atom is 0.226 e.